The van der Waals surface area contributed by atoms with Gasteiger partial charge in [-0.1, -0.05) is 12.1 Å². The highest BCUT2D eigenvalue weighted by Crippen LogP contribution is 2.18. The fourth-order valence-electron chi connectivity index (χ4n) is 1.88. The molecule has 5 nitrogen and oxygen atoms in total. The van der Waals surface area contributed by atoms with Crippen molar-refractivity contribution in [3.05, 3.63) is 29.8 Å². The number of carbonyl (C=O) groups is 1. The second-order valence-corrected chi connectivity index (χ2v) is 5.26. The first-order valence-corrected chi connectivity index (χ1v) is 7.39. The van der Waals surface area contributed by atoms with Gasteiger partial charge in [0.1, 0.15) is 5.75 Å². The molecule has 1 aromatic rings. The molecule has 0 radical (unpaired) electrons. The van der Waals surface area contributed by atoms with E-state index in [4.69, 9.17) is 4.74 Å². The molecule has 1 atom stereocenters. The summed E-state index contributed by atoms with van der Waals surface area (Å²) < 4.78 is 5.54. The van der Waals surface area contributed by atoms with Crippen molar-refractivity contribution < 1.29 is 14.6 Å². The molecule has 0 aliphatic carbocycles. The quantitative estimate of drug-likeness (QED) is 0.605. The first-order valence-electron chi connectivity index (χ1n) is 7.39. The first kappa shape index (κ1) is 17.5. The third kappa shape index (κ3) is 7.11. The zero-order valence-electron chi connectivity index (χ0n) is 13.1. The van der Waals surface area contributed by atoms with Gasteiger partial charge in [-0.25, -0.2) is 0 Å². The topological polar surface area (TPSA) is 70.6 Å². The number of ether oxygens (including phenoxy) is 1. The predicted molar refractivity (Wildman–Crippen MR) is 83.3 cm³/mol. The molecule has 0 spiro atoms. The lowest BCUT2D eigenvalue weighted by Crippen LogP contribution is -2.28. The summed E-state index contributed by atoms with van der Waals surface area (Å²) in [7, 11) is 1.86. The Morgan fingerprint density at radius 3 is 2.52 bits per heavy atom. The summed E-state index contributed by atoms with van der Waals surface area (Å²) in [5.74, 6) is 0.737. The van der Waals surface area contributed by atoms with Gasteiger partial charge in [-0.2, -0.15) is 0 Å². The van der Waals surface area contributed by atoms with Gasteiger partial charge in [0.15, 0.2) is 0 Å². The molecule has 3 N–H and O–H groups in total. The summed E-state index contributed by atoms with van der Waals surface area (Å²) in [5.41, 5.74) is 0.765. The van der Waals surface area contributed by atoms with Crippen molar-refractivity contribution in [2.24, 2.45) is 0 Å². The fourth-order valence-corrected chi connectivity index (χ4v) is 1.88. The molecule has 1 unspecified atom stereocenters. The number of amides is 1. The van der Waals surface area contributed by atoms with Crippen LogP contribution in [-0.4, -0.2) is 37.3 Å². The van der Waals surface area contributed by atoms with Crippen LogP contribution < -0.4 is 15.4 Å². The third-order valence-corrected chi connectivity index (χ3v) is 2.96. The molecule has 1 aromatic carbocycles. The van der Waals surface area contributed by atoms with Crippen LogP contribution >= 0.6 is 0 Å². The summed E-state index contributed by atoms with van der Waals surface area (Å²) in [4.78, 5) is 11.6. The summed E-state index contributed by atoms with van der Waals surface area (Å²) in [5, 5.41) is 15.8. The van der Waals surface area contributed by atoms with E-state index in [-0.39, 0.29) is 18.6 Å². The van der Waals surface area contributed by atoms with Gasteiger partial charge >= 0.3 is 0 Å². The van der Waals surface area contributed by atoms with Gasteiger partial charge in [0, 0.05) is 13.0 Å². The zero-order valence-corrected chi connectivity index (χ0v) is 13.1. The van der Waals surface area contributed by atoms with E-state index in [0.717, 1.165) is 24.3 Å². The Morgan fingerprint density at radius 1 is 1.29 bits per heavy atom. The molecular formula is C16H26N2O3. The number of hydrogen-bond donors (Lipinski definition) is 3. The largest absolute Gasteiger partial charge is 0.491 e. The van der Waals surface area contributed by atoms with Crippen molar-refractivity contribution in [1.82, 2.24) is 10.6 Å². The minimum atomic E-state index is -0.702. The van der Waals surface area contributed by atoms with Crippen LogP contribution in [0.5, 0.6) is 5.75 Å². The lowest BCUT2D eigenvalue weighted by Gasteiger charge is -2.14. The first-order chi connectivity index (χ1) is 10.0. The van der Waals surface area contributed by atoms with Crippen LogP contribution in [0.3, 0.4) is 0 Å². The molecule has 0 bridgehead atoms. The molecule has 0 fully saturated rings. The molecular weight excluding hydrogens is 268 g/mol. The van der Waals surface area contributed by atoms with Crippen LogP contribution in [0.2, 0.25) is 0 Å². The predicted octanol–water partition coefficient (Wildman–Crippen LogP) is 1.62. The average Bonchev–Trinajstić information content (AvgIpc) is 2.45. The lowest BCUT2D eigenvalue weighted by atomic mass is 10.1. The van der Waals surface area contributed by atoms with E-state index in [1.54, 1.807) is 0 Å². The molecule has 0 saturated carbocycles. The molecule has 118 valence electrons. The summed E-state index contributed by atoms with van der Waals surface area (Å²) in [6.45, 7) is 4.97. The SMILES string of the molecule is CNCCCC(=O)NCC(O)c1ccc(OC(C)C)cc1. The summed E-state index contributed by atoms with van der Waals surface area (Å²) in [6, 6.07) is 7.28. The molecule has 0 aromatic heterocycles. The Morgan fingerprint density at radius 2 is 1.95 bits per heavy atom. The van der Waals surface area contributed by atoms with Gasteiger partial charge in [0.2, 0.25) is 5.91 Å². The molecule has 0 aliphatic rings. The Kier molecular flexibility index (Phi) is 7.79. The van der Waals surface area contributed by atoms with E-state index in [1.165, 1.54) is 0 Å². The number of benzene rings is 1. The van der Waals surface area contributed by atoms with Crippen molar-refractivity contribution in [3.8, 4) is 5.75 Å². The van der Waals surface area contributed by atoms with Crippen LogP contribution in [0.1, 0.15) is 38.4 Å². The maximum Gasteiger partial charge on any atom is 0.220 e. The van der Waals surface area contributed by atoms with Crippen LogP contribution in [0.4, 0.5) is 0 Å². The molecule has 1 amide bonds. The lowest BCUT2D eigenvalue weighted by molar-refractivity contribution is -0.121. The standard InChI is InChI=1S/C16H26N2O3/c1-12(2)21-14-8-6-13(7-9-14)15(19)11-18-16(20)5-4-10-17-3/h6-9,12,15,17,19H,4-5,10-11H2,1-3H3,(H,18,20). The number of carbonyl (C=O) groups excluding carboxylic acids is 1. The molecule has 5 heteroatoms. The second-order valence-electron chi connectivity index (χ2n) is 5.26. The normalized spacial score (nSPS) is 12.2. The van der Waals surface area contributed by atoms with Crippen molar-refractivity contribution in [2.45, 2.75) is 38.9 Å². The van der Waals surface area contributed by atoms with E-state index in [9.17, 15) is 9.90 Å². The van der Waals surface area contributed by atoms with Gasteiger partial charge in [-0.05, 0) is 51.6 Å². The Hall–Kier alpha value is -1.59. The molecule has 1 rings (SSSR count). The molecule has 0 aliphatic heterocycles. The Labute approximate surface area is 126 Å². The maximum absolute atomic E-state index is 11.6. The van der Waals surface area contributed by atoms with E-state index in [0.29, 0.717) is 6.42 Å². The molecule has 21 heavy (non-hydrogen) atoms. The Balaban J connectivity index is 2.37. The fraction of sp³-hybridized carbons (Fsp3) is 0.562. The monoisotopic (exact) mass is 294 g/mol. The highest BCUT2D eigenvalue weighted by atomic mass is 16.5. The van der Waals surface area contributed by atoms with Crippen LogP contribution in [-0.2, 0) is 4.79 Å². The van der Waals surface area contributed by atoms with Crippen molar-refractivity contribution in [2.75, 3.05) is 20.1 Å². The van der Waals surface area contributed by atoms with Gasteiger partial charge in [-0.15, -0.1) is 0 Å². The second kappa shape index (κ2) is 9.37. The highest BCUT2D eigenvalue weighted by Gasteiger charge is 2.09. The minimum absolute atomic E-state index is 0.0379. The zero-order chi connectivity index (χ0) is 15.7. The summed E-state index contributed by atoms with van der Waals surface area (Å²) in [6.07, 6.45) is 0.679. The van der Waals surface area contributed by atoms with Crippen molar-refractivity contribution in [1.29, 1.82) is 0 Å². The number of aliphatic hydroxyl groups excluding tert-OH is 1. The third-order valence-electron chi connectivity index (χ3n) is 2.96. The van der Waals surface area contributed by atoms with Gasteiger partial charge in [0.25, 0.3) is 0 Å². The van der Waals surface area contributed by atoms with Gasteiger partial charge < -0.3 is 20.5 Å². The van der Waals surface area contributed by atoms with Crippen molar-refractivity contribution in [3.63, 3.8) is 0 Å². The number of nitrogens with one attached hydrogen (secondary N) is 2. The maximum atomic E-state index is 11.6. The van der Waals surface area contributed by atoms with Crippen LogP contribution in [0.25, 0.3) is 0 Å². The Bertz CT molecular complexity index is 418. The van der Waals surface area contributed by atoms with Crippen LogP contribution in [0.15, 0.2) is 24.3 Å². The molecule has 0 saturated heterocycles. The summed E-state index contributed by atoms with van der Waals surface area (Å²) >= 11 is 0. The van der Waals surface area contributed by atoms with Crippen LogP contribution in [0, 0.1) is 0 Å². The van der Waals surface area contributed by atoms with Crippen molar-refractivity contribution >= 4 is 5.91 Å². The average molecular weight is 294 g/mol. The number of rotatable bonds is 9. The van der Waals surface area contributed by atoms with E-state index in [2.05, 4.69) is 10.6 Å². The van der Waals surface area contributed by atoms with Gasteiger partial charge in [0.05, 0.1) is 12.2 Å². The number of aliphatic hydroxyl groups is 1. The van der Waals surface area contributed by atoms with E-state index < -0.39 is 6.10 Å². The van der Waals surface area contributed by atoms with E-state index in [1.807, 2.05) is 45.2 Å². The van der Waals surface area contributed by atoms with E-state index >= 15 is 0 Å². The van der Waals surface area contributed by atoms with Gasteiger partial charge in [-0.3, -0.25) is 4.79 Å². The number of hydrogen-bond acceptors (Lipinski definition) is 4. The minimum Gasteiger partial charge on any atom is -0.491 e. The molecule has 0 heterocycles. The highest BCUT2D eigenvalue weighted by molar-refractivity contribution is 5.75. The smallest absolute Gasteiger partial charge is 0.220 e.